The van der Waals surface area contributed by atoms with Crippen molar-refractivity contribution in [2.75, 3.05) is 20.3 Å². The fourth-order valence-electron chi connectivity index (χ4n) is 1.74. The molecule has 0 aliphatic rings. The van der Waals surface area contributed by atoms with Crippen LogP contribution in [0.15, 0.2) is 18.2 Å². The Morgan fingerprint density at radius 2 is 2.18 bits per heavy atom. The van der Waals surface area contributed by atoms with Gasteiger partial charge in [0.25, 0.3) is 0 Å². The normalized spacial score (nSPS) is 12.5. The summed E-state index contributed by atoms with van der Waals surface area (Å²) in [5, 5.41) is 8.78. The van der Waals surface area contributed by atoms with Gasteiger partial charge in [0.2, 0.25) is 0 Å². The van der Waals surface area contributed by atoms with Gasteiger partial charge in [0.1, 0.15) is 11.6 Å². The zero-order chi connectivity index (χ0) is 12.7. The Hall–Kier alpha value is -1.13. The van der Waals surface area contributed by atoms with Gasteiger partial charge >= 0.3 is 0 Å². The molecule has 96 valence electrons. The van der Waals surface area contributed by atoms with Gasteiger partial charge in [-0.15, -0.1) is 0 Å². The van der Waals surface area contributed by atoms with Gasteiger partial charge in [-0.3, -0.25) is 0 Å². The molecule has 0 heterocycles. The maximum Gasteiger partial charge on any atom is 0.124 e. The number of halogens is 1. The van der Waals surface area contributed by atoms with Crippen LogP contribution in [0.3, 0.4) is 0 Å². The van der Waals surface area contributed by atoms with Gasteiger partial charge in [0, 0.05) is 5.56 Å². The van der Waals surface area contributed by atoms with E-state index in [0.717, 1.165) is 12.8 Å². The van der Waals surface area contributed by atoms with Crippen molar-refractivity contribution >= 4 is 0 Å². The Labute approximate surface area is 101 Å². The number of hydrogen-bond acceptors (Lipinski definition) is 3. The van der Waals surface area contributed by atoms with Crippen molar-refractivity contribution in [1.29, 1.82) is 0 Å². The van der Waals surface area contributed by atoms with Crippen LogP contribution in [0.5, 0.6) is 5.75 Å². The van der Waals surface area contributed by atoms with Crippen LogP contribution in [0.2, 0.25) is 0 Å². The van der Waals surface area contributed by atoms with Crippen LogP contribution >= 0.6 is 0 Å². The molecular formula is C13H19FO3. The predicted octanol–water partition coefficient (Wildman–Crippen LogP) is 2.68. The van der Waals surface area contributed by atoms with Gasteiger partial charge in [0.15, 0.2) is 0 Å². The van der Waals surface area contributed by atoms with Crippen LogP contribution < -0.4 is 4.74 Å². The lowest BCUT2D eigenvalue weighted by atomic mass is 10.0. The number of benzene rings is 1. The summed E-state index contributed by atoms with van der Waals surface area (Å²) in [5.74, 6) is 0.303. The third kappa shape index (κ3) is 3.98. The number of hydrogen-bond donors (Lipinski definition) is 1. The maximum atomic E-state index is 13.2. The molecule has 0 unspecified atom stereocenters. The Balaban J connectivity index is 2.93. The summed E-state index contributed by atoms with van der Waals surface area (Å²) in [4.78, 5) is 0. The minimum atomic E-state index is -0.311. The summed E-state index contributed by atoms with van der Waals surface area (Å²) in [7, 11) is 1.55. The number of ether oxygens (including phenoxy) is 2. The molecule has 0 aliphatic heterocycles. The summed E-state index contributed by atoms with van der Waals surface area (Å²) in [6.07, 6.45) is 1.44. The monoisotopic (exact) mass is 242 g/mol. The molecule has 1 aromatic rings. The molecule has 0 spiro atoms. The van der Waals surface area contributed by atoms with Gasteiger partial charge in [-0.05, 0) is 24.6 Å². The lowest BCUT2D eigenvalue weighted by molar-refractivity contribution is 0.0212. The highest BCUT2D eigenvalue weighted by atomic mass is 19.1. The molecule has 0 radical (unpaired) electrons. The zero-order valence-corrected chi connectivity index (χ0v) is 10.3. The standard InChI is InChI=1S/C13H19FO3/c1-3-4-13(17-8-7-15)11-9-10(14)5-6-12(11)16-2/h5-6,9,13,15H,3-4,7-8H2,1-2H3/t13-/m0/s1. The minimum absolute atomic E-state index is 0.0438. The van der Waals surface area contributed by atoms with Gasteiger partial charge in [-0.25, -0.2) is 4.39 Å². The van der Waals surface area contributed by atoms with Crippen molar-refractivity contribution in [2.45, 2.75) is 25.9 Å². The fraction of sp³-hybridized carbons (Fsp3) is 0.538. The number of rotatable bonds is 7. The van der Waals surface area contributed by atoms with Crippen molar-refractivity contribution in [3.63, 3.8) is 0 Å². The molecule has 17 heavy (non-hydrogen) atoms. The predicted molar refractivity (Wildman–Crippen MR) is 63.6 cm³/mol. The second-order valence-electron chi connectivity index (χ2n) is 3.76. The van der Waals surface area contributed by atoms with Gasteiger partial charge in [-0.1, -0.05) is 13.3 Å². The van der Waals surface area contributed by atoms with Crippen LogP contribution in [0.25, 0.3) is 0 Å². The topological polar surface area (TPSA) is 38.7 Å². The molecule has 0 aliphatic carbocycles. The molecule has 0 saturated heterocycles. The largest absolute Gasteiger partial charge is 0.496 e. The van der Waals surface area contributed by atoms with Crippen molar-refractivity contribution in [3.05, 3.63) is 29.6 Å². The van der Waals surface area contributed by atoms with E-state index in [2.05, 4.69) is 0 Å². The zero-order valence-electron chi connectivity index (χ0n) is 10.3. The van der Waals surface area contributed by atoms with Gasteiger partial charge in [0.05, 0.1) is 26.4 Å². The second-order valence-corrected chi connectivity index (χ2v) is 3.76. The van der Waals surface area contributed by atoms with Crippen LogP contribution in [-0.4, -0.2) is 25.4 Å². The smallest absolute Gasteiger partial charge is 0.124 e. The van der Waals surface area contributed by atoms with E-state index < -0.39 is 0 Å². The summed E-state index contributed by atoms with van der Waals surface area (Å²) in [6, 6.07) is 4.38. The van der Waals surface area contributed by atoms with Crippen molar-refractivity contribution in [3.8, 4) is 5.75 Å². The molecule has 1 rings (SSSR count). The van der Waals surface area contributed by atoms with Gasteiger partial charge < -0.3 is 14.6 Å². The first-order valence-corrected chi connectivity index (χ1v) is 5.78. The molecule has 0 amide bonds. The molecule has 0 bridgehead atoms. The Bertz CT molecular complexity index is 341. The lowest BCUT2D eigenvalue weighted by Gasteiger charge is -2.19. The summed E-state index contributed by atoms with van der Waals surface area (Å²) < 4.78 is 24.0. The average Bonchev–Trinajstić information content (AvgIpc) is 2.34. The average molecular weight is 242 g/mol. The first kappa shape index (κ1) is 13.9. The van der Waals surface area contributed by atoms with E-state index in [0.29, 0.717) is 11.3 Å². The summed E-state index contributed by atoms with van der Waals surface area (Å²) in [5.41, 5.74) is 0.697. The highest BCUT2D eigenvalue weighted by molar-refractivity contribution is 5.35. The minimum Gasteiger partial charge on any atom is -0.496 e. The number of aliphatic hydroxyl groups excluding tert-OH is 1. The highest BCUT2D eigenvalue weighted by Crippen LogP contribution is 2.31. The van der Waals surface area contributed by atoms with E-state index in [1.54, 1.807) is 13.2 Å². The van der Waals surface area contributed by atoms with Crippen molar-refractivity contribution in [2.24, 2.45) is 0 Å². The Kier molecular flexibility index (Phi) is 5.94. The molecule has 1 atom stereocenters. The van der Waals surface area contributed by atoms with Crippen molar-refractivity contribution < 1.29 is 19.0 Å². The summed E-state index contributed by atoms with van der Waals surface area (Å²) in [6.45, 7) is 2.23. The SMILES string of the molecule is CCC[C@H](OCCO)c1cc(F)ccc1OC. The maximum absolute atomic E-state index is 13.2. The third-order valence-electron chi connectivity index (χ3n) is 2.50. The van der Waals surface area contributed by atoms with Gasteiger partial charge in [-0.2, -0.15) is 0 Å². The molecule has 0 saturated carbocycles. The van der Waals surface area contributed by atoms with E-state index in [4.69, 9.17) is 14.6 Å². The molecule has 1 aromatic carbocycles. The first-order chi connectivity index (χ1) is 8.22. The number of aliphatic hydroxyl groups is 1. The van der Waals surface area contributed by atoms with Crippen LogP contribution in [0.4, 0.5) is 4.39 Å². The Morgan fingerprint density at radius 1 is 1.41 bits per heavy atom. The Morgan fingerprint density at radius 3 is 2.76 bits per heavy atom. The molecule has 3 nitrogen and oxygen atoms in total. The molecule has 4 heteroatoms. The summed E-state index contributed by atoms with van der Waals surface area (Å²) >= 11 is 0. The van der Waals surface area contributed by atoms with E-state index in [1.807, 2.05) is 6.92 Å². The second kappa shape index (κ2) is 7.25. The quantitative estimate of drug-likeness (QED) is 0.799. The number of methoxy groups -OCH3 is 1. The van der Waals surface area contributed by atoms with Crippen LogP contribution in [0, 0.1) is 5.82 Å². The van der Waals surface area contributed by atoms with E-state index in [-0.39, 0.29) is 25.1 Å². The fourth-order valence-corrected chi connectivity index (χ4v) is 1.74. The van der Waals surface area contributed by atoms with Crippen molar-refractivity contribution in [1.82, 2.24) is 0 Å². The van der Waals surface area contributed by atoms with E-state index in [1.165, 1.54) is 12.1 Å². The molecule has 1 N–H and O–H groups in total. The van der Waals surface area contributed by atoms with Crippen LogP contribution in [-0.2, 0) is 4.74 Å². The highest BCUT2D eigenvalue weighted by Gasteiger charge is 2.16. The lowest BCUT2D eigenvalue weighted by Crippen LogP contribution is -2.09. The molecule has 0 fully saturated rings. The van der Waals surface area contributed by atoms with E-state index in [9.17, 15) is 4.39 Å². The molecule has 0 aromatic heterocycles. The first-order valence-electron chi connectivity index (χ1n) is 5.78. The third-order valence-corrected chi connectivity index (χ3v) is 2.50. The molecular weight excluding hydrogens is 223 g/mol. The van der Waals surface area contributed by atoms with E-state index >= 15 is 0 Å². The van der Waals surface area contributed by atoms with Crippen LogP contribution in [0.1, 0.15) is 31.4 Å².